The van der Waals surface area contributed by atoms with Crippen LogP contribution in [0.5, 0.6) is 0 Å². The molecular weight excluding hydrogens is 70.1 g/mol. The van der Waals surface area contributed by atoms with E-state index in [0.717, 1.165) is 0 Å². The van der Waals surface area contributed by atoms with E-state index < -0.39 is 0 Å². The Bertz CT molecular complexity index is 21.2. The Morgan fingerprint density at radius 1 is 2.00 bits per heavy atom. The highest BCUT2D eigenvalue weighted by Crippen LogP contribution is 1.62. The summed E-state index contributed by atoms with van der Waals surface area (Å²) in [5.74, 6) is 0. The van der Waals surface area contributed by atoms with Gasteiger partial charge in [-0.2, -0.15) is 0 Å². The highest BCUT2D eigenvalue weighted by molar-refractivity contribution is 7.78. The standard InChI is InChI=1S/C2H5NS/c1-2-3-4/h2,4H,1H3/b3-2+. The first-order valence-corrected chi connectivity index (χ1v) is 1.44. The first-order chi connectivity index (χ1) is 1.91. The topological polar surface area (TPSA) is 12.4 Å². The molecule has 2 heteroatoms. The molecule has 0 N–H and O–H groups in total. The first-order valence-electron chi connectivity index (χ1n) is 1.04. The normalized spacial score (nSPS) is 9.50. The lowest BCUT2D eigenvalue weighted by molar-refractivity contribution is 1.90. The second-order valence-corrected chi connectivity index (χ2v) is 0.605. The van der Waals surface area contributed by atoms with Gasteiger partial charge in [0.05, 0.1) is 0 Å². The van der Waals surface area contributed by atoms with E-state index in [1.54, 1.807) is 6.21 Å². The van der Waals surface area contributed by atoms with Crippen LogP contribution in [0.25, 0.3) is 0 Å². The molecule has 0 heterocycles. The molecule has 0 aromatic carbocycles. The Kier molecular flexibility index (Phi) is 3.04. The van der Waals surface area contributed by atoms with Gasteiger partial charge in [0, 0.05) is 6.21 Å². The number of nitrogens with zero attached hydrogens (tertiary/aromatic N) is 1. The third-order valence-electron chi connectivity index (χ3n) is 0.115. The van der Waals surface area contributed by atoms with Gasteiger partial charge >= 0.3 is 0 Å². The van der Waals surface area contributed by atoms with Crippen LogP contribution in [0, 0.1) is 0 Å². The summed E-state index contributed by atoms with van der Waals surface area (Å²) in [6.45, 7) is 1.81. The van der Waals surface area contributed by atoms with Crippen LogP contribution in [-0.2, 0) is 0 Å². The molecule has 0 saturated heterocycles. The van der Waals surface area contributed by atoms with Crippen molar-refractivity contribution < 1.29 is 0 Å². The van der Waals surface area contributed by atoms with Crippen LogP contribution in [0.1, 0.15) is 6.92 Å². The molecule has 4 heavy (non-hydrogen) atoms. The van der Waals surface area contributed by atoms with Crippen molar-refractivity contribution >= 4 is 19.0 Å². The van der Waals surface area contributed by atoms with Crippen molar-refractivity contribution in [3.05, 3.63) is 0 Å². The largest absolute Gasteiger partial charge is 0.233 e. The van der Waals surface area contributed by atoms with Crippen LogP contribution < -0.4 is 0 Å². The van der Waals surface area contributed by atoms with E-state index in [-0.39, 0.29) is 0 Å². The van der Waals surface area contributed by atoms with Gasteiger partial charge in [0.15, 0.2) is 0 Å². The smallest absolute Gasteiger partial charge is 0.00917 e. The fourth-order valence-electron chi connectivity index (χ4n) is 0. The molecule has 0 aromatic heterocycles. The minimum atomic E-state index is 1.61. The Balaban J connectivity index is 2.55. The molecule has 0 fully saturated rings. The van der Waals surface area contributed by atoms with Crippen molar-refractivity contribution in [3.8, 4) is 0 Å². The van der Waals surface area contributed by atoms with E-state index in [0.29, 0.717) is 0 Å². The molecule has 0 amide bonds. The quantitative estimate of drug-likeness (QED) is 0.325. The van der Waals surface area contributed by atoms with Gasteiger partial charge in [-0.3, -0.25) is 0 Å². The maximum Gasteiger partial charge on any atom is 0.00917 e. The van der Waals surface area contributed by atoms with Crippen LogP contribution >= 0.6 is 12.8 Å². The lowest BCUT2D eigenvalue weighted by Gasteiger charge is -1.51. The highest BCUT2D eigenvalue weighted by Gasteiger charge is 1.34. The van der Waals surface area contributed by atoms with E-state index in [9.17, 15) is 0 Å². The summed E-state index contributed by atoms with van der Waals surface area (Å²) in [6, 6.07) is 0. The van der Waals surface area contributed by atoms with Gasteiger partial charge in [-0.1, -0.05) is 0 Å². The zero-order valence-corrected chi connectivity index (χ0v) is 3.37. The summed E-state index contributed by atoms with van der Waals surface area (Å²) in [6.07, 6.45) is 1.61. The molecule has 24 valence electrons. The van der Waals surface area contributed by atoms with Crippen LogP contribution in [0.3, 0.4) is 0 Å². The highest BCUT2D eigenvalue weighted by atomic mass is 32.1. The monoisotopic (exact) mass is 75.0 g/mol. The van der Waals surface area contributed by atoms with Crippen LogP contribution in [0.15, 0.2) is 4.40 Å². The van der Waals surface area contributed by atoms with E-state index in [1.807, 2.05) is 6.92 Å². The van der Waals surface area contributed by atoms with Gasteiger partial charge in [-0.25, -0.2) is 4.40 Å². The molecule has 0 aromatic rings. The molecule has 0 aliphatic heterocycles. The fraction of sp³-hybridized carbons (Fsp3) is 0.500. The second kappa shape index (κ2) is 3.02. The van der Waals surface area contributed by atoms with Gasteiger partial charge in [-0.15, -0.1) is 0 Å². The predicted molar refractivity (Wildman–Crippen MR) is 23.2 cm³/mol. The summed E-state index contributed by atoms with van der Waals surface area (Å²) >= 11 is 3.49. The van der Waals surface area contributed by atoms with Crippen LogP contribution in [0.2, 0.25) is 0 Å². The van der Waals surface area contributed by atoms with Crippen LogP contribution in [-0.4, -0.2) is 6.21 Å². The summed E-state index contributed by atoms with van der Waals surface area (Å²) < 4.78 is 3.31. The van der Waals surface area contributed by atoms with Crippen molar-refractivity contribution in [2.24, 2.45) is 4.40 Å². The summed E-state index contributed by atoms with van der Waals surface area (Å²) in [5, 5.41) is 0. The van der Waals surface area contributed by atoms with Gasteiger partial charge in [0.25, 0.3) is 0 Å². The van der Waals surface area contributed by atoms with Gasteiger partial charge in [0.2, 0.25) is 0 Å². The number of rotatable bonds is 0. The predicted octanol–water partition coefficient (Wildman–Crippen LogP) is 0.922. The summed E-state index contributed by atoms with van der Waals surface area (Å²) in [5.41, 5.74) is 0. The zero-order valence-electron chi connectivity index (χ0n) is 2.47. The molecular formula is C2H5NS. The second-order valence-electron chi connectivity index (χ2n) is 0.374. The number of thiol groups is 1. The average molecular weight is 75.1 g/mol. The summed E-state index contributed by atoms with van der Waals surface area (Å²) in [7, 11) is 0. The third kappa shape index (κ3) is 2.02. The number of hydrogen-bond donors (Lipinski definition) is 1. The maximum atomic E-state index is 3.49. The molecule has 0 atom stereocenters. The van der Waals surface area contributed by atoms with Crippen LogP contribution in [0.4, 0.5) is 0 Å². The third-order valence-corrected chi connectivity index (χ3v) is 0.346. The van der Waals surface area contributed by atoms with E-state index >= 15 is 0 Å². The molecule has 0 rings (SSSR count). The SMILES string of the molecule is C/C=N/S. The lowest BCUT2D eigenvalue weighted by Crippen LogP contribution is -1.39. The molecule has 0 unspecified atom stereocenters. The molecule has 0 aliphatic rings. The van der Waals surface area contributed by atoms with Gasteiger partial charge in [0.1, 0.15) is 0 Å². The molecule has 0 radical (unpaired) electrons. The van der Waals surface area contributed by atoms with Gasteiger partial charge < -0.3 is 0 Å². The van der Waals surface area contributed by atoms with Crippen molar-refractivity contribution in [2.45, 2.75) is 6.92 Å². The molecule has 1 nitrogen and oxygen atoms in total. The van der Waals surface area contributed by atoms with Crippen molar-refractivity contribution in [1.29, 1.82) is 0 Å². The fourth-order valence-corrected chi connectivity index (χ4v) is 0. The molecule has 0 spiro atoms. The number of hydrogen-bond acceptors (Lipinski definition) is 2. The molecule has 0 aliphatic carbocycles. The van der Waals surface area contributed by atoms with E-state index in [4.69, 9.17) is 0 Å². The Morgan fingerprint density at radius 2 is 2.25 bits per heavy atom. The first kappa shape index (κ1) is 4.02. The molecule has 0 bridgehead atoms. The minimum Gasteiger partial charge on any atom is -0.233 e. The lowest BCUT2D eigenvalue weighted by atomic mass is 10.9. The molecule has 0 saturated carbocycles. The van der Waals surface area contributed by atoms with Crippen molar-refractivity contribution in [1.82, 2.24) is 0 Å². The van der Waals surface area contributed by atoms with E-state index in [2.05, 4.69) is 17.2 Å². The maximum absolute atomic E-state index is 3.49. The minimum absolute atomic E-state index is 1.61. The van der Waals surface area contributed by atoms with Crippen molar-refractivity contribution in [2.75, 3.05) is 0 Å². The van der Waals surface area contributed by atoms with Gasteiger partial charge in [-0.05, 0) is 19.7 Å². The Morgan fingerprint density at radius 3 is 2.25 bits per heavy atom. The average Bonchev–Trinajstić information content (AvgIpc) is 1.37. The zero-order chi connectivity index (χ0) is 3.41. The summed E-state index contributed by atoms with van der Waals surface area (Å²) in [4.78, 5) is 0. The Hall–Kier alpha value is 0.0200. The van der Waals surface area contributed by atoms with E-state index in [1.165, 1.54) is 0 Å². The van der Waals surface area contributed by atoms with Crippen molar-refractivity contribution in [3.63, 3.8) is 0 Å². The Labute approximate surface area is 31.3 Å².